The van der Waals surface area contributed by atoms with Crippen LogP contribution in [0.1, 0.15) is 17.2 Å². The minimum atomic E-state index is -0.491. The fraction of sp³-hybridized carbons (Fsp3) is 0.368. The summed E-state index contributed by atoms with van der Waals surface area (Å²) in [7, 11) is 0. The summed E-state index contributed by atoms with van der Waals surface area (Å²) < 4.78 is 0. The summed E-state index contributed by atoms with van der Waals surface area (Å²) in [4.78, 5) is 16.4. The zero-order valence-electron chi connectivity index (χ0n) is 14.4. The number of rotatable bonds is 4. The van der Waals surface area contributed by atoms with E-state index in [2.05, 4.69) is 49.9 Å². The van der Waals surface area contributed by atoms with Crippen LogP contribution >= 0.6 is 0 Å². The number of aromatic amines is 1. The summed E-state index contributed by atoms with van der Waals surface area (Å²) in [6, 6.07) is 8.12. The molecule has 1 aliphatic rings. The monoisotopic (exact) mass is 337 g/mol. The average Bonchev–Trinajstić information content (AvgIpc) is 3.06. The Balaban J connectivity index is 1.40. The molecule has 25 heavy (non-hydrogen) atoms. The Kier molecular flexibility index (Phi) is 4.38. The Morgan fingerprint density at radius 1 is 1.16 bits per heavy atom. The molecule has 1 aliphatic heterocycles. The number of aliphatic hydroxyl groups is 1. The molecular weight excluding hydrogens is 314 g/mol. The molecule has 2 N–H and O–H groups in total. The Bertz CT molecular complexity index is 839. The van der Waals surface area contributed by atoms with Gasteiger partial charge in [0.25, 0.3) is 0 Å². The van der Waals surface area contributed by atoms with E-state index >= 15 is 0 Å². The lowest BCUT2D eigenvalue weighted by molar-refractivity contribution is 0.110. The summed E-state index contributed by atoms with van der Waals surface area (Å²) in [5, 5.41) is 11.8. The third-order valence-electron chi connectivity index (χ3n) is 4.87. The predicted molar refractivity (Wildman–Crippen MR) is 98.7 cm³/mol. The summed E-state index contributed by atoms with van der Waals surface area (Å²) in [5.41, 5.74) is 3.26. The second-order valence-corrected chi connectivity index (χ2v) is 6.65. The number of nitrogens with zero attached hydrogens (tertiary/aromatic N) is 4. The topological polar surface area (TPSA) is 68.3 Å². The van der Waals surface area contributed by atoms with Crippen LogP contribution in [-0.4, -0.2) is 57.7 Å². The van der Waals surface area contributed by atoms with E-state index in [4.69, 9.17) is 0 Å². The van der Waals surface area contributed by atoms with E-state index in [1.54, 1.807) is 12.4 Å². The van der Waals surface area contributed by atoms with Crippen molar-refractivity contribution in [1.29, 1.82) is 0 Å². The first kappa shape index (κ1) is 16.1. The highest BCUT2D eigenvalue weighted by Gasteiger charge is 2.22. The molecule has 3 heterocycles. The minimum Gasteiger partial charge on any atom is -0.387 e. The molecule has 2 aromatic heterocycles. The second kappa shape index (κ2) is 6.82. The number of anilines is 1. The lowest BCUT2D eigenvalue weighted by atomic mass is 10.1. The van der Waals surface area contributed by atoms with Crippen LogP contribution in [0.15, 0.2) is 42.9 Å². The summed E-state index contributed by atoms with van der Waals surface area (Å²) in [5.74, 6) is 0.787. The minimum absolute atomic E-state index is 0.491. The first-order valence-electron chi connectivity index (χ1n) is 8.71. The molecule has 0 bridgehead atoms. The number of aromatic nitrogens is 3. The molecule has 0 radical (unpaired) electrons. The molecule has 6 heteroatoms. The van der Waals surface area contributed by atoms with Crippen molar-refractivity contribution in [3.63, 3.8) is 0 Å². The number of piperazine rings is 1. The maximum atomic E-state index is 10.7. The number of aliphatic hydroxyl groups excluding tert-OH is 1. The molecule has 0 amide bonds. The van der Waals surface area contributed by atoms with Crippen molar-refractivity contribution in [1.82, 2.24) is 19.9 Å². The number of fused-ring (bicyclic) bond motifs is 1. The van der Waals surface area contributed by atoms with E-state index in [1.807, 2.05) is 12.3 Å². The number of hydrogen-bond acceptors (Lipinski definition) is 5. The van der Waals surface area contributed by atoms with Crippen LogP contribution in [0.3, 0.4) is 0 Å². The van der Waals surface area contributed by atoms with E-state index < -0.39 is 6.10 Å². The van der Waals surface area contributed by atoms with Crippen LogP contribution in [0.25, 0.3) is 10.9 Å². The van der Waals surface area contributed by atoms with Crippen LogP contribution < -0.4 is 4.90 Å². The molecular formula is C19H23N5O. The number of nitrogens with one attached hydrogen (secondary N) is 1. The number of H-pyrrole nitrogens is 1. The van der Waals surface area contributed by atoms with Crippen LogP contribution in [0.4, 0.5) is 5.95 Å². The van der Waals surface area contributed by atoms with Gasteiger partial charge in [0, 0.05) is 67.8 Å². The lowest BCUT2D eigenvalue weighted by Gasteiger charge is -2.35. The molecule has 1 fully saturated rings. The first-order valence-corrected chi connectivity index (χ1v) is 8.71. The highest BCUT2D eigenvalue weighted by atomic mass is 16.3. The van der Waals surface area contributed by atoms with Crippen molar-refractivity contribution in [3.05, 3.63) is 54.0 Å². The van der Waals surface area contributed by atoms with Gasteiger partial charge in [-0.25, -0.2) is 9.97 Å². The SMILES string of the molecule is Cc1ccc2[nH]cc(C(O)CN3CCN(c4ncccn4)CC3)c2c1. The Labute approximate surface area is 147 Å². The Morgan fingerprint density at radius 2 is 1.92 bits per heavy atom. The molecule has 1 saturated heterocycles. The standard InChI is InChI=1S/C19H23N5O/c1-14-3-4-17-15(11-14)16(12-22-17)18(25)13-23-7-9-24(10-8-23)19-20-5-2-6-21-19/h2-6,11-12,18,22,25H,7-10,13H2,1H3. The maximum Gasteiger partial charge on any atom is 0.225 e. The summed E-state index contributed by atoms with van der Waals surface area (Å²) in [6.07, 6.45) is 4.99. The Morgan fingerprint density at radius 3 is 2.68 bits per heavy atom. The molecule has 0 spiro atoms. The fourth-order valence-corrected chi connectivity index (χ4v) is 3.46. The van der Waals surface area contributed by atoms with Crippen molar-refractivity contribution < 1.29 is 5.11 Å². The van der Waals surface area contributed by atoms with Crippen molar-refractivity contribution in [2.45, 2.75) is 13.0 Å². The van der Waals surface area contributed by atoms with Gasteiger partial charge in [-0.15, -0.1) is 0 Å². The zero-order chi connectivity index (χ0) is 17.2. The zero-order valence-corrected chi connectivity index (χ0v) is 14.4. The largest absolute Gasteiger partial charge is 0.387 e. The van der Waals surface area contributed by atoms with Crippen LogP contribution in [-0.2, 0) is 0 Å². The third kappa shape index (κ3) is 3.36. The lowest BCUT2D eigenvalue weighted by Crippen LogP contribution is -2.48. The van der Waals surface area contributed by atoms with E-state index in [9.17, 15) is 5.11 Å². The molecule has 3 aromatic rings. The van der Waals surface area contributed by atoms with Gasteiger partial charge in [-0.3, -0.25) is 4.90 Å². The molecule has 6 nitrogen and oxygen atoms in total. The van der Waals surface area contributed by atoms with Crippen molar-refractivity contribution >= 4 is 16.9 Å². The third-order valence-corrected chi connectivity index (χ3v) is 4.87. The number of aryl methyl sites for hydroxylation is 1. The van der Waals surface area contributed by atoms with E-state index in [-0.39, 0.29) is 0 Å². The average molecular weight is 337 g/mol. The normalized spacial score (nSPS) is 17.1. The molecule has 130 valence electrons. The van der Waals surface area contributed by atoms with Gasteiger partial charge in [0.15, 0.2) is 0 Å². The molecule has 4 rings (SSSR count). The van der Waals surface area contributed by atoms with Crippen molar-refractivity contribution in [2.24, 2.45) is 0 Å². The van der Waals surface area contributed by atoms with E-state index in [1.165, 1.54) is 5.56 Å². The van der Waals surface area contributed by atoms with Gasteiger partial charge in [-0.1, -0.05) is 11.6 Å². The van der Waals surface area contributed by atoms with Crippen LogP contribution in [0.5, 0.6) is 0 Å². The van der Waals surface area contributed by atoms with Gasteiger partial charge in [0.2, 0.25) is 5.95 Å². The van der Waals surface area contributed by atoms with Crippen molar-refractivity contribution in [2.75, 3.05) is 37.6 Å². The van der Waals surface area contributed by atoms with Gasteiger partial charge in [0.1, 0.15) is 0 Å². The number of β-amino-alcohol motifs (C(OH)–C–C–N with tert-alkyl or cyclic N) is 1. The summed E-state index contributed by atoms with van der Waals surface area (Å²) in [6.45, 7) is 6.28. The van der Waals surface area contributed by atoms with Gasteiger partial charge in [-0.2, -0.15) is 0 Å². The molecule has 0 aliphatic carbocycles. The smallest absolute Gasteiger partial charge is 0.225 e. The highest BCUT2D eigenvalue weighted by molar-refractivity contribution is 5.84. The predicted octanol–water partition coefficient (Wildman–Crippen LogP) is 2.12. The maximum absolute atomic E-state index is 10.7. The second-order valence-electron chi connectivity index (χ2n) is 6.65. The number of benzene rings is 1. The van der Waals surface area contributed by atoms with E-state index in [0.29, 0.717) is 6.54 Å². The highest BCUT2D eigenvalue weighted by Crippen LogP contribution is 2.26. The van der Waals surface area contributed by atoms with Crippen LogP contribution in [0, 0.1) is 6.92 Å². The van der Waals surface area contributed by atoms with E-state index in [0.717, 1.165) is 48.6 Å². The molecule has 0 saturated carbocycles. The van der Waals surface area contributed by atoms with Gasteiger partial charge >= 0.3 is 0 Å². The van der Waals surface area contributed by atoms with Gasteiger partial charge in [0.05, 0.1) is 6.10 Å². The molecule has 1 atom stereocenters. The Hall–Kier alpha value is -2.44. The molecule has 1 aromatic carbocycles. The number of hydrogen-bond donors (Lipinski definition) is 2. The first-order chi connectivity index (χ1) is 12.2. The van der Waals surface area contributed by atoms with Gasteiger partial charge in [-0.05, 0) is 25.1 Å². The summed E-state index contributed by atoms with van der Waals surface area (Å²) >= 11 is 0. The molecule has 1 unspecified atom stereocenters. The van der Waals surface area contributed by atoms with Gasteiger partial charge < -0.3 is 15.0 Å². The van der Waals surface area contributed by atoms with Crippen LogP contribution in [0.2, 0.25) is 0 Å². The van der Waals surface area contributed by atoms with Crippen molar-refractivity contribution in [3.8, 4) is 0 Å². The quantitative estimate of drug-likeness (QED) is 0.763. The fourth-order valence-electron chi connectivity index (χ4n) is 3.46.